The first-order valence-electron chi connectivity index (χ1n) is 6.34. The van der Waals surface area contributed by atoms with Crippen molar-refractivity contribution in [3.63, 3.8) is 0 Å². The van der Waals surface area contributed by atoms with Gasteiger partial charge in [0, 0.05) is 5.56 Å². The maximum absolute atomic E-state index is 14.1. The Kier molecular flexibility index (Phi) is 4.73. The number of aromatic carboxylic acids is 1. The number of carboxylic acid groups (broad SMARTS) is 1. The molecule has 0 radical (unpaired) electrons. The van der Waals surface area contributed by atoms with E-state index in [0.717, 1.165) is 0 Å². The maximum atomic E-state index is 14.1. The Balaban J connectivity index is 2.26. The summed E-state index contributed by atoms with van der Waals surface area (Å²) >= 11 is 0. The number of benzene rings is 2. The van der Waals surface area contributed by atoms with Gasteiger partial charge in [-0.05, 0) is 18.2 Å². The summed E-state index contributed by atoms with van der Waals surface area (Å²) in [6.45, 7) is -0.135. The standard InChI is InChI=1S/C16H13FO5/c1-21-13-6-7-14(15(17)12(13)8-18)22-9-10-4-2-3-5-11(10)16(19)20/h2-8H,9H2,1H3,(H,19,20). The van der Waals surface area contributed by atoms with Gasteiger partial charge < -0.3 is 14.6 Å². The molecule has 2 aromatic carbocycles. The molecule has 0 fully saturated rings. The SMILES string of the molecule is COc1ccc(OCc2ccccc2C(=O)O)c(F)c1C=O. The maximum Gasteiger partial charge on any atom is 0.336 e. The van der Waals surface area contributed by atoms with E-state index < -0.39 is 11.8 Å². The number of carbonyl (C=O) groups is 2. The highest BCUT2D eigenvalue weighted by atomic mass is 19.1. The number of carbonyl (C=O) groups excluding carboxylic acids is 1. The van der Waals surface area contributed by atoms with Crippen LogP contribution in [0.3, 0.4) is 0 Å². The first-order chi connectivity index (χ1) is 10.6. The Hall–Kier alpha value is -2.89. The highest BCUT2D eigenvalue weighted by molar-refractivity contribution is 5.89. The zero-order valence-corrected chi connectivity index (χ0v) is 11.7. The zero-order chi connectivity index (χ0) is 16.1. The number of aldehydes is 1. The molecule has 0 bridgehead atoms. The molecule has 0 atom stereocenters. The number of ether oxygens (including phenoxy) is 2. The van der Waals surface area contributed by atoms with Gasteiger partial charge in [-0.1, -0.05) is 18.2 Å². The summed E-state index contributed by atoms with van der Waals surface area (Å²) in [6, 6.07) is 8.99. The number of hydrogen-bond donors (Lipinski definition) is 1. The smallest absolute Gasteiger partial charge is 0.336 e. The van der Waals surface area contributed by atoms with Crippen LogP contribution in [0.25, 0.3) is 0 Å². The summed E-state index contributed by atoms with van der Waals surface area (Å²) in [4.78, 5) is 22.0. The van der Waals surface area contributed by atoms with Gasteiger partial charge in [-0.2, -0.15) is 0 Å². The molecular weight excluding hydrogens is 291 g/mol. The van der Waals surface area contributed by atoms with Crippen molar-refractivity contribution in [1.82, 2.24) is 0 Å². The van der Waals surface area contributed by atoms with Crippen LogP contribution in [0.2, 0.25) is 0 Å². The molecule has 6 heteroatoms. The normalized spacial score (nSPS) is 10.1. The van der Waals surface area contributed by atoms with Crippen molar-refractivity contribution in [2.24, 2.45) is 0 Å². The number of carboxylic acids is 1. The summed E-state index contributed by atoms with van der Waals surface area (Å²) in [7, 11) is 1.32. The van der Waals surface area contributed by atoms with Gasteiger partial charge in [0.1, 0.15) is 12.4 Å². The summed E-state index contributed by atoms with van der Waals surface area (Å²) in [5.41, 5.74) is 0.233. The summed E-state index contributed by atoms with van der Waals surface area (Å²) in [5, 5.41) is 9.08. The fourth-order valence-electron chi connectivity index (χ4n) is 1.96. The number of rotatable bonds is 6. The Bertz CT molecular complexity index is 712. The third-order valence-electron chi connectivity index (χ3n) is 3.07. The molecule has 0 aliphatic heterocycles. The van der Waals surface area contributed by atoms with E-state index in [-0.39, 0.29) is 29.2 Å². The lowest BCUT2D eigenvalue weighted by atomic mass is 10.1. The summed E-state index contributed by atoms with van der Waals surface area (Å²) < 4.78 is 24.3. The van der Waals surface area contributed by atoms with Crippen molar-refractivity contribution in [2.75, 3.05) is 7.11 Å². The minimum Gasteiger partial charge on any atom is -0.496 e. The molecule has 0 amide bonds. The van der Waals surface area contributed by atoms with E-state index in [1.165, 1.54) is 25.3 Å². The van der Waals surface area contributed by atoms with Crippen molar-refractivity contribution in [3.8, 4) is 11.5 Å². The van der Waals surface area contributed by atoms with Gasteiger partial charge in [-0.25, -0.2) is 9.18 Å². The van der Waals surface area contributed by atoms with Crippen LogP contribution < -0.4 is 9.47 Å². The first-order valence-corrected chi connectivity index (χ1v) is 6.34. The molecule has 1 N–H and O–H groups in total. The van der Waals surface area contributed by atoms with Crippen molar-refractivity contribution < 1.29 is 28.6 Å². The van der Waals surface area contributed by atoms with Crippen molar-refractivity contribution in [3.05, 3.63) is 58.9 Å². The van der Waals surface area contributed by atoms with Gasteiger partial charge in [0.05, 0.1) is 18.2 Å². The summed E-state index contributed by atoms with van der Waals surface area (Å²) in [5.74, 6) is -1.99. The van der Waals surface area contributed by atoms with Crippen LogP contribution >= 0.6 is 0 Å². The third-order valence-corrected chi connectivity index (χ3v) is 3.07. The number of hydrogen-bond acceptors (Lipinski definition) is 4. The third kappa shape index (κ3) is 3.06. The quantitative estimate of drug-likeness (QED) is 0.831. The molecule has 114 valence electrons. The lowest BCUT2D eigenvalue weighted by Gasteiger charge is -2.12. The molecule has 0 unspecified atom stereocenters. The monoisotopic (exact) mass is 304 g/mol. The second-order valence-electron chi connectivity index (χ2n) is 4.36. The lowest BCUT2D eigenvalue weighted by Crippen LogP contribution is -2.06. The van der Waals surface area contributed by atoms with Crippen LogP contribution in [-0.4, -0.2) is 24.5 Å². The van der Waals surface area contributed by atoms with Crippen molar-refractivity contribution in [1.29, 1.82) is 0 Å². The molecule has 0 saturated heterocycles. The van der Waals surface area contributed by atoms with E-state index in [0.29, 0.717) is 11.8 Å². The highest BCUT2D eigenvalue weighted by Gasteiger charge is 2.16. The van der Waals surface area contributed by atoms with E-state index >= 15 is 0 Å². The molecule has 2 aromatic rings. The van der Waals surface area contributed by atoms with E-state index in [1.54, 1.807) is 18.2 Å². The Morgan fingerprint density at radius 1 is 1.23 bits per heavy atom. The van der Waals surface area contributed by atoms with Crippen LogP contribution in [0, 0.1) is 5.82 Å². The topological polar surface area (TPSA) is 72.8 Å². The molecule has 0 aliphatic rings. The average Bonchev–Trinajstić information content (AvgIpc) is 2.53. The number of halogens is 1. The minimum absolute atomic E-state index is 0.0760. The Morgan fingerprint density at radius 3 is 2.55 bits per heavy atom. The predicted molar refractivity (Wildman–Crippen MR) is 76.1 cm³/mol. The van der Waals surface area contributed by atoms with Crippen LogP contribution in [0.4, 0.5) is 4.39 Å². The largest absolute Gasteiger partial charge is 0.496 e. The molecule has 0 saturated carbocycles. The molecular formula is C16H13FO5. The Morgan fingerprint density at radius 2 is 1.91 bits per heavy atom. The fraction of sp³-hybridized carbons (Fsp3) is 0.125. The molecule has 0 aromatic heterocycles. The second kappa shape index (κ2) is 6.71. The number of methoxy groups -OCH3 is 1. The van der Waals surface area contributed by atoms with Gasteiger partial charge >= 0.3 is 5.97 Å². The average molecular weight is 304 g/mol. The lowest BCUT2D eigenvalue weighted by molar-refractivity contribution is 0.0693. The molecule has 22 heavy (non-hydrogen) atoms. The van der Waals surface area contributed by atoms with Crippen molar-refractivity contribution >= 4 is 12.3 Å². The van der Waals surface area contributed by atoms with Crippen LogP contribution in [0.5, 0.6) is 11.5 Å². The fourth-order valence-corrected chi connectivity index (χ4v) is 1.96. The predicted octanol–water partition coefficient (Wildman–Crippen LogP) is 2.92. The first kappa shape index (κ1) is 15.5. The zero-order valence-electron chi connectivity index (χ0n) is 11.7. The van der Waals surface area contributed by atoms with Gasteiger partial charge in [-0.15, -0.1) is 0 Å². The van der Waals surface area contributed by atoms with Crippen molar-refractivity contribution in [2.45, 2.75) is 6.61 Å². The molecule has 0 spiro atoms. The van der Waals surface area contributed by atoms with Crippen LogP contribution in [-0.2, 0) is 6.61 Å². The van der Waals surface area contributed by atoms with Gasteiger partial charge in [-0.3, -0.25) is 4.79 Å². The van der Waals surface area contributed by atoms with Gasteiger partial charge in [0.25, 0.3) is 0 Å². The van der Waals surface area contributed by atoms with Crippen LogP contribution in [0.1, 0.15) is 26.3 Å². The minimum atomic E-state index is -1.09. The van der Waals surface area contributed by atoms with E-state index in [4.69, 9.17) is 14.6 Å². The van der Waals surface area contributed by atoms with Crippen LogP contribution in [0.15, 0.2) is 36.4 Å². The summed E-state index contributed by atoms with van der Waals surface area (Å²) in [6.07, 6.45) is 0.340. The van der Waals surface area contributed by atoms with E-state index in [9.17, 15) is 14.0 Å². The molecule has 5 nitrogen and oxygen atoms in total. The highest BCUT2D eigenvalue weighted by Crippen LogP contribution is 2.28. The Labute approximate surface area is 125 Å². The van der Waals surface area contributed by atoms with Gasteiger partial charge in [0.2, 0.25) is 0 Å². The molecule has 0 aliphatic carbocycles. The van der Waals surface area contributed by atoms with Gasteiger partial charge in [0.15, 0.2) is 17.9 Å². The van der Waals surface area contributed by atoms with E-state index in [1.807, 2.05) is 0 Å². The molecule has 0 heterocycles. The second-order valence-corrected chi connectivity index (χ2v) is 4.36. The molecule has 2 rings (SSSR count). The van der Waals surface area contributed by atoms with E-state index in [2.05, 4.69) is 0 Å².